The van der Waals surface area contributed by atoms with Crippen LogP contribution in [0.5, 0.6) is 0 Å². The third-order valence-electron chi connectivity index (χ3n) is 13.2. The molecule has 0 saturated heterocycles. The quantitative estimate of drug-likeness (QED) is 0.133. The van der Waals surface area contributed by atoms with Gasteiger partial charge in [-0.2, -0.15) is 0 Å². The van der Waals surface area contributed by atoms with E-state index in [1.807, 2.05) is 0 Å². The summed E-state index contributed by atoms with van der Waals surface area (Å²) in [5, 5.41) is 2.46. The van der Waals surface area contributed by atoms with Crippen molar-refractivity contribution in [1.82, 2.24) is 4.57 Å². The molecule has 0 saturated carbocycles. The number of nitrogens with zero attached hydrogens (tertiary/aromatic N) is 2. The first kappa shape index (κ1) is 40.5. The highest BCUT2D eigenvalue weighted by Gasteiger charge is 2.21. The van der Waals surface area contributed by atoms with Crippen LogP contribution in [0.15, 0.2) is 279 Å². The van der Waals surface area contributed by atoms with E-state index in [0.717, 1.165) is 28.3 Å². The Balaban J connectivity index is 0.968. The van der Waals surface area contributed by atoms with E-state index in [4.69, 9.17) is 0 Å². The molecule has 320 valence electrons. The topological polar surface area (TPSA) is 8.17 Å². The van der Waals surface area contributed by atoms with Crippen LogP contribution in [0, 0.1) is 0 Å². The second-order valence-corrected chi connectivity index (χ2v) is 17.3. The van der Waals surface area contributed by atoms with Crippen molar-refractivity contribution >= 4 is 38.9 Å². The number of fused-ring (bicyclic) bond motifs is 3. The lowest BCUT2D eigenvalue weighted by Crippen LogP contribution is -2.10. The van der Waals surface area contributed by atoms with Gasteiger partial charge in [-0.25, -0.2) is 0 Å². The Morgan fingerprint density at radius 2 is 0.632 bits per heavy atom. The molecule has 1 heterocycles. The minimum absolute atomic E-state index is 1.08. The SMILES string of the molecule is c1ccc(-c2ccc(-c3ccc(N(c4ccc(-c5ccc(-c6ccccc6)cc5)cc4)c4cccc(-c5cccc6c5c5cccc(-c7ccccc7)c5n6-c5ccccc5)c4)cc3)cc2)cc1. The molecule has 2 nitrogen and oxygen atoms in total. The van der Waals surface area contributed by atoms with E-state index in [1.54, 1.807) is 0 Å². The van der Waals surface area contributed by atoms with Crippen molar-refractivity contribution in [3.05, 3.63) is 279 Å². The molecule has 1 aromatic heterocycles. The van der Waals surface area contributed by atoms with Crippen LogP contribution in [-0.2, 0) is 0 Å². The number of aromatic nitrogens is 1. The molecule has 0 radical (unpaired) electrons. The van der Waals surface area contributed by atoms with Crippen LogP contribution in [0.4, 0.5) is 17.1 Å². The monoisotopic (exact) mass is 866 g/mol. The highest BCUT2D eigenvalue weighted by atomic mass is 15.1. The zero-order chi connectivity index (χ0) is 45.2. The van der Waals surface area contributed by atoms with Crippen LogP contribution in [0.25, 0.3) is 94.3 Å². The maximum absolute atomic E-state index is 2.44. The van der Waals surface area contributed by atoms with Gasteiger partial charge in [0.2, 0.25) is 0 Å². The molecular formula is C66H46N2. The molecule has 0 atom stereocenters. The van der Waals surface area contributed by atoms with Gasteiger partial charge in [-0.15, -0.1) is 0 Å². The number of anilines is 3. The molecule has 0 fully saturated rings. The van der Waals surface area contributed by atoms with Gasteiger partial charge in [-0.3, -0.25) is 0 Å². The van der Waals surface area contributed by atoms with E-state index in [-0.39, 0.29) is 0 Å². The molecule has 12 aromatic rings. The fraction of sp³-hybridized carbons (Fsp3) is 0. The summed E-state index contributed by atoms with van der Waals surface area (Å²) in [6, 6.07) is 101. The van der Waals surface area contributed by atoms with Crippen molar-refractivity contribution < 1.29 is 0 Å². The largest absolute Gasteiger partial charge is 0.310 e. The van der Waals surface area contributed by atoms with Gasteiger partial charge in [-0.1, -0.05) is 224 Å². The van der Waals surface area contributed by atoms with Gasteiger partial charge in [-0.05, 0) is 116 Å². The Morgan fingerprint density at radius 1 is 0.250 bits per heavy atom. The van der Waals surface area contributed by atoms with Crippen LogP contribution in [-0.4, -0.2) is 4.57 Å². The van der Waals surface area contributed by atoms with Gasteiger partial charge >= 0.3 is 0 Å². The Bertz CT molecular complexity index is 3530. The summed E-state index contributed by atoms with van der Waals surface area (Å²) in [5.74, 6) is 0. The molecule has 0 unspecified atom stereocenters. The molecule has 11 aromatic carbocycles. The molecule has 0 amide bonds. The minimum Gasteiger partial charge on any atom is -0.310 e. The fourth-order valence-corrected chi connectivity index (χ4v) is 9.89. The summed E-state index contributed by atoms with van der Waals surface area (Å²) in [7, 11) is 0. The van der Waals surface area contributed by atoms with Crippen molar-refractivity contribution in [2.24, 2.45) is 0 Å². The summed E-state index contributed by atoms with van der Waals surface area (Å²) >= 11 is 0. The molecule has 12 rings (SSSR count). The van der Waals surface area contributed by atoms with Crippen LogP contribution < -0.4 is 4.90 Å². The smallest absolute Gasteiger partial charge is 0.0619 e. The fourth-order valence-electron chi connectivity index (χ4n) is 9.89. The standard InChI is InChI=1S/C66H46N2/c1-5-16-47(17-6-1)49-30-34-51(35-31-49)53-38-42-58(43-39-53)67(59-44-40-54(41-45-59)52-36-32-50(33-37-52)48-18-7-2-8-19-48)60-25-13-22-56(46-60)61-26-15-29-64-65(61)63-28-14-27-62(55-20-9-3-10-21-55)66(63)68(64)57-23-11-4-12-24-57/h1-46H. The number of hydrogen-bond acceptors (Lipinski definition) is 1. The maximum atomic E-state index is 2.44. The van der Waals surface area contributed by atoms with E-state index in [9.17, 15) is 0 Å². The van der Waals surface area contributed by atoms with Gasteiger partial charge in [0.15, 0.2) is 0 Å². The van der Waals surface area contributed by atoms with E-state index >= 15 is 0 Å². The highest BCUT2D eigenvalue weighted by Crippen LogP contribution is 2.44. The third kappa shape index (κ3) is 7.64. The second-order valence-electron chi connectivity index (χ2n) is 17.3. The number of benzene rings is 11. The molecule has 0 aliphatic heterocycles. The van der Waals surface area contributed by atoms with Crippen LogP contribution in [0.3, 0.4) is 0 Å². The first-order chi connectivity index (χ1) is 33.7. The summed E-state index contributed by atoms with van der Waals surface area (Å²) in [5.41, 5.74) is 21.1. The average Bonchev–Trinajstić information content (AvgIpc) is 3.78. The minimum atomic E-state index is 1.08. The molecular weight excluding hydrogens is 821 g/mol. The van der Waals surface area contributed by atoms with Gasteiger partial charge in [0, 0.05) is 39.1 Å². The maximum Gasteiger partial charge on any atom is 0.0619 e. The Labute approximate surface area is 397 Å². The van der Waals surface area contributed by atoms with Crippen molar-refractivity contribution in [2.45, 2.75) is 0 Å². The molecule has 2 heteroatoms. The van der Waals surface area contributed by atoms with Gasteiger partial charge < -0.3 is 9.47 Å². The van der Waals surface area contributed by atoms with E-state index < -0.39 is 0 Å². The summed E-state index contributed by atoms with van der Waals surface area (Å²) in [4.78, 5) is 2.38. The molecule has 68 heavy (non-hydrogen) atoms. The van der Waals surface area contributed by atoms with Gasteiger partial charge in [0.1, 0.15) is 0 Å². The Hall–Kier alpha value is -8.98. The zero-order valence-electron chi connectivity index (χ0n) is 37.5. The Morgan fingerprint density at radius 3 is 1.13 bits per heavy atom. The lowest BCUT2D eigenvalue weighted by atomic mass is 9.96. The molecule has 0 N–H and O–H groups in total. The van der Waals surface area contributed by atoms with Crippen molar-refractivity contribution in [3.63, 3.8) is 0 Å². The normalized spacial score (nSPS) is 11.2. The second kappa shape index (κ2) is 17.8. The highest BCUT2D eigenvalue weighted by molar-refractivity contribution is 6.19. The Kier molecular flexibility index (Phi) is 10.6. The predicted octanol–water partition coefficient (Wildman–Crippen LogP) is 18.3. The average molecular weight is 867 g/mol. The lowest BCUT2D eigenvalue weighted by molar-refractivity contribution is 1.18. The summed E-state index contributed by atoms with van der Waals surface area (Å²) in [6.07, 6.45) is 0. The molecule has 0 aliphatic carbocycles. The van der Waals surface area contributed by atoms with E-state index in [2.05, 4.69) is 289 Å². The van der Waals surface area contributed by atoms with Crippen LogP contribution in [0.2, 0.25) is 0 Å². The predicted molar refractivity (Wildman–Crippen MR) is 288 cm³/mol. The first-order valence-electron chi connectivity index (χ1n) is 23.3. The van der Waals surface area contributed by atoms with E-state index in [0.29, 0.717) is 0 Å². The van der Waals surface area contributed by atoms with Crippen molar-refractivity contribution in [2.75, 3.05) is 4.90 Å². The lowest BCUT2D eigenvalue weighted by Gasteiger charge is -2.26. The van der Waals surface area contributed by atoms with E-state index in [1.165, 1.54) is 83.0 Å². The molecule has 0 aliphatic rings. The zero-order valence-corrected chi connectivity index (χ0v) is 37.5. The van der Waals surface area contributed by atoms with Gasteiger partial charge in [0.05, 0.1) is 11.0 Å². The van der Waals surface area contributed by atoms with Crippen LogP contribution >= 0.6 is 0 Å². The molecule has 0 spiro atoms. The summed E-state index contributed by atoms with van der Waals surface area (Å²) in [6.45, 7) is 0. The number of hydrogen-bond donors (Lipinski definition) is 0. The van der Waals surface area contributed by atoms with Crippen molar-refractivity contribution in [1.29, 1.82) is 0 Å². The third-order valence-corrected chi connectivity index (χ3v) is 13.2. The van der Waals surface area contributed by atoms with Crippen molar-refractivity contribution in [3.8, 4) is 72.4 Å². The number of para-hydroxylation sites is 2. The summed E-state index contributed by atoms with van der Waals surface area (Å²) < 4.78 is 2.44. The molecule has 0 bridgehead atoms. The first-order valence-corrected chi connectivity index (χ1v) is 23.3. The number of rotatable bonds is 10. The van der Waals surface area contributed by atoms with Crippen LogP contribution in [0.1, 0.15) is 0 Å². The van der Waals surface area contributed by atoms with Gasteiger partial charge in [0.25, 0.3) is 0 Å².